The van der Waals surface area contributed by atoms with Crippen LogP contribution in [0.2, 0.25) is 0 Å². The Morgan fingerprint density at radius 2 is 1.89 bits per heavy atom. The molecule has 2 aromatic carbocycles. The first-order valence-electron chi connectivity index (χ1n) is 8.52. The molecule has 1 heterocycles. The Kier molecular flexibility index (Phi) is 5.74. The van der Waals surface area contributed by atoms with Crippen molar-refractivity contribution in [1.29, 1.82) is 0 Å². The molecule has 0 radical (unpaired) electrons. The average molecular weight is 397 g/mol. The first-order valence-corrected chi connectivity index (χ1v) is 9.50. The first-order chi connectivity index (χ1) is 13.3. The lowest BCUT2D eigenvalue weighted by Gasteiger charge is -2.10. The highest BCUT2D eigenvalue weighted by Gasteiger charge is 2.19. The van der Waals surface area contributed by atoms with E-state index in [1.807, 2.05) is 38.1 Å². The Bertz CT molecular complexity index is 1030. The average Bonchev–Trinajstić information content (AvgIpc) is 3.13. The molecule has 144 valence electrons. The lowest BCUT2D eigenvalue weighted by molar-refractivity contribution is -0.384. The number of nitrogens with one attached hydrogen (secondary N) is 2. The summed E-state index contributed by atoms with van der Waals surface area (Å²) in [5, 5.41) is 21.3. The van der Waals surface area contributed by atoms with Gasteiger partial charge in [0.25, 0.3) is 5.69 Å². The van der Waals surface area contributed by atoms with Gasteiger partial charge in [0.1, 0.15) is 5.69 Å². The van der Waals surface area contributed by atoms with E-state index in [0.29, 0.717) is 16.5 Å². The van der Waals surface area contributed by atoms with Crippen LogP contribution in [-0.2, 0) is 4.79 Å². The zero-order chi connectivity index (χ0) is 20.3. The van der Waals surface area contributed by atoms with Crippen LogP contribution in [0.25, 0.3) is 11.4 Å². The predicted octanol–water partition coefficient (Wildman–Crippen LogP) is 4.04. The Morgan fingerprint density at radius 3 is 2.57 bits per heavy atom. The van der Waals surface area contributed by atoms with Gasteiger partial charge in [0, 0.05) is 11.6 Å². The Balaban J connectivity index is 1.66. The van der Waals surface area contributed by atoms with Gasteiger partial charge >= 0.3 is 0 Å². The van der Waals surface area contributed by atoms with E-state index in [-0.39, 0.29) is 23.0 Å². The number of benzene rings is 2. The molecule has 9 heteroatoms. The van der Waals surface area contributed by atoms with Gasteiger partial charge in [-0.15, -0.1) is 5.10 Å². The van der Waals surface area contributed by atoms with Crippen molar-refractivity contribution in [2.75, 3.05) is 11.1 Å². The maximum atomic E-state index is 12.3. The summed E-state index contributed by atoms with van der Waals surface area (Å²) in [7, 11) is 0. The summed E-state index contributed by atoms with van der Waals surface area (Å²) in [6.45, 7) is 5.59. The minimum absolute atomic E-state index is 0.0374. The zero-order valence-corrected chi connectivity index (χ0v) is 16.5. The summed E-state index contributed by atoms with van der Waals surface area (Å²) < 4.78 is 0. The molecular formula is C19H19N5O3S. The largest absolute Gasteiger partial charge is 0.319 e. The molecular weight excluding hydrogens is 378 g/mol. The Morgan fingerprint density at radius 1 is 1.18 bits per heavy atom. The van der Waals surface area contributed by atoms with E-state index in [1.54, 1.807) is 13.0 Å². The first kappa shape index (κ1) is 19.6. The number of hydrogen-bond acceptors (Lipinski definition) is 6. The summed E-state index contributed by atoms with van der Waals surface area (Å²) >= 11 is 1.16. The van der Waals surface area contributed by atoms with E-state index >= 15 is 0 Å². The second-order valence-electron chi connectivity index (χ2n) is 6.33. The molecule has 0 spiro atoms. The lowest BCUT2D eigenvalue weighted by Crippen LogP contribution is -2.16. The van der Waals surface area contributed by atoms with Crippen LogP contribution in [0.1, 0.15) is 16.7 Å². The maximum Gasteiger partial charge on any atom is 0.293 e. The summed E-state index contributed by atoms with van der Waals surface area (Å²) in [6.07, 6.45) is 0. The predicted molar refractivity (Wildman–Crippen MR) is 108 cm³/mol. The standard InChI is InChI=1S/C19H19N5O3S/c1-11-4-7-14(8-5-11)18-21-19(23-22-18)28-10-16(25)20-17-13(3)12(2)6-9-15(17)24(26)27/h4-9H,10H2,1-3H3,(H,20,25)(H,21,22,23). The number of aryl methyl sites for hydroxylation is 2. The van der Waals surface area contributed by atoms with Crippen LogP contribution < -0.4 is 5.32 Å². The minimum Gasteiger partial charge on any atom is -0.319 e. The molecule has 1 amide bonds. The van der Waals surface area contributed by atoms with Crippen molar-refractivity contribution in [3.05, 3.63) is 63.2 Å². The molecule has 8 nitrogen and oxygen atoms in total. The minimum atomic E-state index is -0.502. The molecule has 3 rings (SSSR count). The van der Waals surface area contributed by atoms with Crippen LogP contribution >= 0.6 is 11.8 Å². The van der Waals surface area contributed by atoms with Crippen LogP contribution in [0.5, 0.6) is 0 Å². The lowest BCUT2D eigenvalue weighted by atomic mass is 10.1. The summed E-state index contributed by atoms with van der Waals surface area (Å²) in [4.78, 5) is 27.4. The molecule has 0 saturated carbocycles. The third-order valence-electron chi connectivity index (χ3n) is 4.30. The number of aromatic nitrogens is 3. The fraction of sp³-hybridized carbons (Fsp3) is 0.211. The molecule has 1 aromatic heterocycles. The van der Waals surface area contributed by atoms with Crippen molar-refractivity contribution in [1.82, 2.24) is 15.2 Å². The number of amides is 1. The molecule has 0 bridgehead atoms. The molecule has 28 heavy (non-hydrogen) atoms. The number of thioether (sulfide) groups is 1. The topological polar surface area (TPSA) is 114 Å². The van der Waals surface area contributed by atoms with E-state index in [9.17, 15) is 14.9 Å². The highest BCUT2D eigenvalue weighted by molar-refractivity contribution is 7.99. The molecule has 0 unspecified atom stereocenters. The SMILES string of the molecule is Cc1ccc(-c2nc(SCC(=O)Nc3c([N+](=O)[O-])ccc(C)c3C)n[nH]2)cc1. The van der Waals surface area contributed by atoms with Crippen molar-refractivity contribution in [2.45, 2.75) is 25.9 Å². The van der Waals surface area contributed by atoms with Gasteiger partial charge in [-0.3, -0.25) is 20.0 Å². The van der Waals surface area contributed by atoms with Gasteiger partial charge < -0.3 is 5.32 Å². The van der Waals surface area contributed by atoms with Gasteiger partial charge in [0.2, 0.25) is 11.1 Å². The quantitative estimate of drug-likeness (QED) is 0.369. The zero-order valence-electron chi connectivity index (χ0n) is 15.6. The highest BCUT2D eigenvalue weighted by Crippen LogP contribution is 2.30. The molecule has 0 fully saturated rings. The summed E-state index contributed by atoms with van der Waals surface area (Å²) in [5.74, 6) is 0.298. The van der Waals surface area contributed by atoms with Crippen LogP contribution in [0.4, 0.5) is 11.4 Å². The number of H-pyrrole nitrogens is 1. The Hall–Kier alpha value is -3.20. The molecule has 0 saturated heterocycles. The second kappa shape index (κ2) is 8.22. The van der Waals surface area contributed by atoms with Gasteiger partial charge in [0.15, 0.2) is 5.82 Å². The third-order valence-corrected chi connectivity index (χ3v) is 5.14. The highest BCUT2D eigenvalue weighted by atomic mass is 32.2. The number of nitrogens with zero attached hydrogens (tertiary/aromatic N) is 3. The second-order valence-corrected chi connectivity index (χ2v) is 7.27. The number of anilines is 1. The normalized spacial score (nSPS) is 10.7. The fourth-order valence-electron chi connectivity index (χ4n) is 2.57. The van der Waals surface area contributed by atoms with E-state index in [2.05, 4.69) is 20.5 Å². The monoisotopic (exact) mass is 397 g/mol. The van der Waals surface area contributed by atoms with Crippen molar-refractivity contribution in [2.24, 2.45) is 0 Å². The van der Waals surface area contributed by atoms with Crippen LogP contribution in [-0.4, -0.2) is 31.8 Å². The Labute approximate surface area is 165 Å². The number of rotatable bonds is 6. The number of hydrogen-bond donors (Lipinski definition) is 2. The van der Waals surface area contributed by atoms with Crippen LogP contribution in [0, 0.1) is 30.9 Å². The van der Waals surface area contributed by atoms with Crippen molar-refractivity contribution in [3.63, 3.8) is 0 Å². The van der Waals surface area contributed by atoms with E-state index in [0.717, 1.165) is 28.5 Å². The molecule has 0 aliphatic rings. The smallest absolute Gasteiger partial charge is 0.293 e. The van der Waals surface area contributed by atoms with Gasteiger partial charge in [-0.05, 0) is 31.9 Å². The van der Waals surface area contributed by atoms with E-state index < -0.39 is 4.92 Å². The third kappa shape index (κ3) is 4.37. The van der Waals surface area contributed by atoms with Crippen LogP contribution in [0.15, 0.2) is 41.6 Å². The van der Waals surface area contributed by atoms with Crippen molar-refractivity contribution >= 4 is 29.0 Å². The van der Waals surface area contributed by atoms with Gasteiger partial charge in [-0.1, -0.05) is 47.7 Å². The van der Waals surface area contributed by atoms with Gasteiger partial charge in [0.05, 0.1) is 10.7 Å². The number of carbonyl (C=O) groups excluding carboxylic acids is 1. The van der Waals surface area contributed by atoms with Crippen molar-refractivity contribution in [3.8, 4) is 11.4 Å². The van der Waals surface area contributed by atoms with Crippen molar-refractivity contribution < 1.29 is 9.72 Å². The molecule has 3 aromatic rings. The molecule has 0 atom stereocenters. The van der Waals surface area contributed by atoms with Gasteiger partial charge in [-0.2, -0.15) is 0 Å². The maximum absolute atomic E-state index is 12.3. The number of carbonyl (C=O) groups is 1. The summed E-state index contributed by atoms with van der Waals surface area (Å²) in [5.41, 5.74) is 3.69. The number of aromatic amines is 1. The van der Waals surface area contributed by atoms with Gasteiger partial charge in [-0.25, -0.2) is 4.98 Å². The molecule has 0 aliphatic carbocycles. The molecule has 2 N–H and O–H groups in total. The fourth-order valence-corrected chi connectivity index (χ4v) is 3.17. The molecule has 0 aliphatic heterocycles. The summed E-state index contributed by atoms with van der Waals surface area (Å²) in [6, 6.07) is 10.9. The number of nitro groups is 1. The van der Waals surface area contributed by atoms with E-state index in [1.165, 1.54) is 6.07 Å². The number of nitro benzene ring substituents is 1. The van der Waals surface area contributed by atoms with E-state index in [4.69, 9.17) is 0 Å². The van der Waals surface area contributed by atoms with Crippen LogP contribution in [0.3, 0.4) is 0 Å².